The first-order chi connectivity index (χ1) is 14.3. The summed E-state index contributed by atoms with van der Waals surface area (Å²) in [5, 5.41) is 12.6. The van der Waals surface area contributed by atoms with Crippen molar-refractivity contribution in [3.8, 4) is 16.9 Å². The van der Waals surface area contributed by atoms with Gasteiger partial charge in [-0.25, -0.2) is 9.79 Å². The lowest BCUT2D eigenvalue weighted by Crippen LogP contribution is -2.26. The van der Waals surface area contributed by atoms with Crippen molar-refractivity contribution in [3.63, 3.8) is 0 Å². The minimum atomic E-state index is -0.481. The summed E-state index contributed by atoms with van der Waals surface area (Å²) in [6.07, 6.45) is 2.11. The molecular weight excluding hydrogens is 402 g/mol. The molecule has 0 aliphatic heterocycles. The van der Waals surface area contributed by atoms with Crippen LogP contribution >= 0.6 is 11.3 Å². The number of rotatable bonds is 6. The van der Waals surface area contributed by atoms with E-state index < -0.39 is 5.97 Å². The molecule has 3 rings (SSSR count). The van der Waals surface area contributed by atoms with E-state index in [4.69, 9.17) is 9.47 Å². The van der Waals surface area contributed by atoms with E-state index in [9.17, 15) is 14.7 Å². The maximum atomic E-state index is 12.7. The summed E-state index contributed by atoms with van der Waals surface area (Å²) in [5.74, 6) is 0.110. The Bertz CT molecular complexity index is 1010. The molecule has 0 bridgehead atoms. The first kappa shape index (κ1) is 21.8. The quantitative estimate of drug-likeness (QED) is 0.486. The minimum Gasteiger partial charge on any atom is -0.511 e. The number of methoxy groups -OCH3 is 1. The monoisotopic (exact) mass is 427 g/mol. The van der Waals surface area contributed by atoms with Crippen LogP contribution in [0, 0.1) is 5.41 Å². The fourth-order valence-electron chi connectivity index (χ4n) is 3.40. The van der Waals surface area contributed by atoms with Crippen molar-refractivity contribution >= 4 is 34.3 Å². The van der Waals surface area contributed by atoms with Crippen molar-refractivity contribution in [2.24, 2.45) is 10.4 Å². The van der Waals surface area contributed by atoms with E-state index >= 15 is 0 Å². The number of allylic oxidation sites excluding steroid dienone is 2. The van der Waals surface area contributed by atoms with Gasteiger partial charge in [-0.3, -0.25) is 4.79 Å². The number of hydrogen-bond donors (Lipinski definition) is 1. The summed E-state index contributed by atoms with van der Waals surface area (Å²) >= 11 is 1.28. The average molecular weight is 428 g/mol. The molecule has 0 spiro atoms. The fourth-order valence-corrected chi connectivity index (χ4v) is 4.31. The number of aliphatic hydroxyl groups excluding tert-OH is 1. The molecule has 1 aliphatic carbocycles. The van der Waals surface area contributed by atoms with Gasteiger partial charge in [-0.15, -0.1) is 11.3 Å². The van der Waals surface area contributed by atoms with E-state index in [1.807, 2.05) is 43.5 Å². The Morgan fingerprint density at radius 3 is 2.57 bits per heavy atom. The second kappa shape index (κ2) is 8.83. The number of aliphatic hydroxyl groups is 1. The van der Waals surface area contributed by atoms with E-state index in [1.165, 1.54) is 17.6 Å². The Kier molecular flexibility index (Phi) is 6.41. The second-order valence-electron chi connectivity index (χ2n) is 7.84. The average Bonchev–Trinajstić information content (AvgIpc) is 3.10. The van der Waals surface area contributed by atoms with Crippen molar-refractivity contribution in [2.45, 2.75) is 33.6 Å². The molecule has 0 radical (unpaired) electrons. The standard InChI is InChI=1S/C23H25NO5S/c1-5-29-22(27)20-17(14-6-8-15(28-4)9-7-14)13-30-21(20)24-12-16-18(25)10-23(2,3)11-19(16)26/h6-9,12-13,25H,5,10-11H2,1-4H3. The molecule has 1 aliphatic rings. The Balaban J connectivity index is 2.00. The van der Waals surface area contributed by atoms with E-state index in [1.54, 1.807) is 14.0 Å². The van der Waals surface area contributed by atoms with Gasteiger partial charge >= 0.3 is 5.97 Å². The number of carbonyl (C=O) groups excluding carboxylic acids is 2. The van der Waals surface area contributed by atoms with Crippen molar-refractivity contribution in [3.05, 3.63) is 46.5 Å². The number of ether oxygens (including phenoxy) is 2. The number of Topliss-reactive ketones (excluding diaryl/α,β-unsaturated/α-hetero) is 1. The lowest BCUT2D eigenvalue weighted by atomic mass is 9.77. The van der Waals surface area contributed by atoms with E-state index in [0.717, 1.165) is 5.56 Å². The maximum absolute atomic E-state index is 12.7. The zero-order valence-corrected chi connectivity index (χ0v) is 18.3. The van der Waals surface area contributed by atoms with E-state index in [-0.39, 0.29) is 29.1 Å². The van der Waals surface area contributed by atoms with Gasteiger partial charge in [0.05, 0.1) is 19.3 Å². The van der Waals surface area contributed by atoms with Gasteiger partial charge in [0.15, 0.2) is 5.78 Å². The molecule has 6 nitrogen and oxygen atoms in total. The number of nitrogens with zero attached hydrogens (tertiary/aromatic N) is 1. The number of hydrogen-bond acceptors (Lipinski definition) is 7. The molecule has 0 atom stereocenters. The van der Waals surface area contributed by atoms with Crippen LogP contribution in [0.25, 0.3) is 11.1 Å². The number of carbonyl (C=O) groups is 2. The van der Waals surface area contributed by atoms with Crippen LogP contribution in [0.2, 0.25) is 0 Å². The van der Waals surface area contributed by atoms with Gasteiger partial charge in [-0.05, 0) is 30.0 Å². The van der Waals surface area contributed by atoms with Gasteiger partial charge in [0.2, 0.25) is 0 Å². The summed E-state index contributed by atoms with van der Waals surface area (Å²) in [6, 6.07) is 7.35. The highest BCUT2D eigenvalue weighted by Crippen LogP contribution is 2.39. The molecule has 0 unspecified atom stereocenters. The molecule has 0 saturated carbocycles. The van der Waals surface area contributed by atoms with Crippen LogP contribution in [-0.2, 0) is 9.53 Å². The van der Waals surface area contributed by atoms with Gasteiger partial charge in [-0.1, -0.05) is 26.0 Å². The summed E-state index contributed by atoms with van der Waals surface area (Å²) in [7, 11) is 1.59. The maximum Gasteiger partial charge on any atom is 0.341 e. The van der Waals surface area contributed by atoms with Gasteiger partial charge in [0.1, 0.15) is 22.1 Å². The predicted octanol–water partition coefficient (Wildman–Crippen LogP) is 5.50. The number of esters is 1. The van der Waals surface area contributed by atoms with Crippen LogP contribution in [0.4, 0.5) is 5.00 Å². The van der Waals surface area contributed by atoms with Crippen LogP contribution in [0.3, 0.4) is 0 Å². The Labute approximate surface area is 179 Å². The Morgan fingerprint density at radius 2 is 1.97 bits per heavy atom. The molecule has 1 aromatic heterocycles. The summed E-state index contributed by atoms with van der Waals surface area (Å²) in [6.45, 7) is 5.85. The minimum absolute atomic E-state index is 0.0321. The fraction of sp³-hybridized carbons (Fsp3) is 0.348. The second-order valence-corrected chi connectivity index (χ2v) is 8.70. The molecular formula is C23H25NO5S. The van der Waals surface area contributed by atoms with Crippen LogP contribution in [-0.4, -0.2) is 36.8 Å². The lowest BCUT2D eigenvalue weighted by Gasteiger charge is -2.28. The van der Waals surface area contributed by atoms with Gasteiger partial charge in [-0.2, -0.15) is 0 Å². The molecule has 1 aromatic carbocycles. The smallest absolute Gasteiger partial charge is 0.341 e. The number of thiophene rings is 1. The summed E-state index contributed by atoms with van der Waals surface area (Å²) < 4.78 is 10.4. The zero-order valence-electron chi connectivity index (χ0n) is 17.5. The third kappa shape index (κ3) is 4.62. The third-order valence-electron chi connectivity index (χ3n) is 4.86. The van der Waals surface area contributed by atoms with E-state index in [0.29, 0.717) is 34.7 Å². The molecule has 1 N–H and O–H groups in total. The van der Waals surface area contributed by atoms with Crippen LogP contribution in [0.5, 0.6) is 5.75 Å². The normalized spacial score (nSPS) is 16.2. The predicted molar refractivity (Wildman–Crippen MR) is 118 cm³/mol. The molecule has 158 valence electrons. The Hall–Kier alpha value is -2.93. The molecule has 1 heterocycles. The molecule has 30 heavy (non-hydrogen) atoms. The molecule has 0 saturated heterocycles. The zero-order chi connectivity index (χ0) is 21.9. The third-order valence-corrected chi connectivity index (χ3v) is 5.75. The molecule has 7 heteroatoms. The lowest BCUT2D eigenvalue weighted by molar-refractivity contribution is -0.117. The molecule has 2 aromatic rings. The largest absolute Gasteiger partial charge is 0.511 e. The topological polar surface area (TPSA) is 85.2 Å². The van der Waals surface area contributed by atoms with Gasteiger partial charge in [0.25, 0.3) is 0 Å². The van der Waals surface area contributed by atoms with Crippen LogP contribution in [0.15, 0.2) is 46.0 Å². The first-order valence-corrected chi connectivity index (χ1v) is 10.6. The van der Waals surface area contributed by atoms with Gasteiger partial charge in [0, 0.05) is 30.0 Å². The van der Waals surface area contributed by atoms with Crippen molar-refractivity contribution in [2.75, 3.05) is 13.7 Å². The van der Waals surface area contributed by atoms with Crippen molar-refractivity contribution in [1.82, 2.24) is 0 Å². The number of benzene rings is 1. The number of aliphatic imine (C=N–C) groups is 1. The SMILES string of the molecule is CCOC(=O)c1c(-c2ccc(OC)cc2)csc1N=CC1=C(O)CC(C)(C)CC1=O. The van der Waals surface area contributed by atoms with Crippen molar-refractivity contribution < 1.29 is 24.2 Å². The van der Waals surface area contributed by atoms with Crippen LogP contribution in [0.1, 0.15) is 44.0 Å². The van der Waals surface area contributed by atoms with E-state index in [2.05, 4.69) is 4.99 Å². The highest BCUT2D eigenvalue weighted by Gasteiger charge is 2.32. The highest BCUT2D eigenvalue weighted by atomic mass is 32.1. The number of ketones is 1. The van der Waals surface area contributed by atoms with Crippen molar-refractivity contribution in [1.29, 1.82) is 0 Å². The summed E-state index contributed by atoms with van der Waals surface area (Å²) in [4.78, 5) is 29.5. The molecule has 0 fully saturated rings. The van der Waals surface area contributed by atoms with Gasteiger partial charge < -0.3 is 14.6 Å². The van der Waals surface area contributed by atoms with Crippen LogP contribution < -0.4 is 4.74 Å². The first-order valence-electron chi connectivity index (χ1n) is 9.68. The highest BCUT2D eigenvalue weighted by molar-refractivity contribution is 7.14. The Morgan fingerprint density at radius 1 is 1.27 bits per heavy atom. The molecule has 0 amide bonds. The summed E-state index contributed by atoms with van der Waals surface area (Å²) in [5.41, 5.74) is 1.78.